The van der Waals surface area contributed by atoms with E-state index in [0.717, 1.165) is 6.42 Å². The predicted molar refractivity (Wildman–Crippen MR) is 212 cm³/mol. The second-order valence-corrected chi connectivity index (χ2v) is 13.7. The molecule has 50 heavy (non-hydrogen) atoms. The summed E-state index contributed by atoms with van der Waals surface area (Å²) >= 11 is 0. The molecule has 1 unspecified atom stereocenters. The van der Waals surface area contributed by atoms with Crippen molar-refractivity contribution in [2.75, 3.05) is 0 Å². The highest BCUT2D eigenvalue weighted by molar-refractivity contribution is 6.25. The van der Waals surface area contributed by atoms with E-state index in [1.807, 2.05) is 0 Å². The second kappa shape index (κ2) is 11.7. The fourth-order valence-electron chi connectivity index (χ4n) is 8.34. The highest BCUT2D eigenvalue weighted by Crippen LogP contribution is 2.49. The minimum absolute atomic E-state index is 0.284. The summed E-state index contributed by atoms with van der Waals surface area (Å²) in [6.45, 7) is 0. The summed E-state index contributed by atoms with van der Waals surface area (Å²) in [6, 6.07) is 69.6. The van der Waals surface area contributed by atoms with Crippen LogP contribution in [0.5, 0.6) is 0 Å². The van der Waals surface area contributed by atoms with Gasteiger partial charge in [0.1, 0.15) is 0 Å². The Balaban J connectivity index is 0.912. The first-order chi connectivity index (χ1) is 24.8. The van der Waals surface area contributed by atoms with E-state index in [1.54, 1.807) is 0 Å². The minimum Gasteiger partial charge on any atom is -0.0622 e. The fourth-order valence-corrected chi connectivity index (χ4v) is 8.34. The van der Waals surface area contributed by atoms with Crippen LogP contribution in [0.2, 0.25) is 0 Å². The molecule has 0 N–H and O–H groups in total. The maximum absolute atomic E-state index is 2.39. The van der Waals surface area contributed by atoms with Gasteiger partial charge in [0.2, 0.25) is 0 Å². The van der Waals surface area contributed by atoms with Crippen molar-refractivity contribution in [3.8, 4) is 33.4 Å². The van der Waals surface area contributed by atoms with Crippen molar-refractivity contribution in [1.82, 2.24) is 0 Å². The van der Waals surface area contributed by atoms with Gasteiger partial charge in [0.05, 0.1) is 0 Å². The van der Waals surface area contributed by atoms with Crippen molar-refractivity contribution in [3.05, 3.63) is 216 Å². The summed E-state index contributed by atoms with van der Waals surface area (Å²) in [4.78, 5) is 0. The molecule has 0 aliphatic heterocycles. The van der Waals surface area contributed by atoms with Crippen LogP contribution in [0.1, 0.15) is 33.7 Å². The van der Waals surface area contributed by atoms with Gasteiger partial charge in [-0.25, -0.2) is 0 Å². The molecule has 9 aromatic rings. The van der Waals surface area contributed by atoms with Crippen LogP contribution in [0.4, 0.5) is 0 Å². The van der Waals surface area contributed by atoms with Gasteiger partial charge in [0.15, 0.2) is 0 Å². The van der Waals surface area contributed by atoms with E-state index in [0.29, 0.717) is 0 Å². The fraction of sp³-hybridized carbons (Fsp3) is 0.0400. The van der Waals surface area contributed by atoms with Crippen LogP contribution >= 0.6 is 0 Å². The van der Waals surface area contributed by atoms with E-state index in [-0.39, 0.29) is 5.92 Å². The third-order valence-corrected chi connectivity index (χ3v) is 10.8. The Kier molecular flexibility index (Phi) is 6.74. The maximum Gasteiger partial charge on any atom is 0.0352 e. The van der Waals surface area contributed by atoms with Crippen LogP contribution < -0.4 is 0 Å². The lowest BCUT2D eigenvalue weighted by atomic mass is 9.89. The first-order valence-electron chi connectivity index (χ1n) is 17.6. The quantitative estimate of drug-likeness (QED) is 0.165. The molecule has 0 spiro atoms. The average Bonchev–Trinajstić information content (AvgIpc) is 3.52. The summed E-state index contributed by atoms with van der Waals surface area (Å²) < 4.78 is 0. The van der Waals surface area contributed by atoms with Gasteiger partial charge < -0.3 is 0 Å². The van der Waals surface area contributed by atoms with Gasteiger partial charge in [0.25, 0.3) is 0 Å². The van der Waals surface area contributed by atoms with Crippen molar-refractivity contribution in [2.45, 2.75) is 12.3 Å². The molecule has 0 nitrogen and oxygen atoms in total. The molecule has 10 rings (SSSR count). The average molecular weight is 635 g/mol. The lowest BCUT2D eigenvalue weighted by molar-refractivity contribution is 1.02. The van der Waals surface area contributed by atoms with Crippen molar-refractivity contribution in [3.63, 3.8) is 0 Å². The maximum atomic E-state index is 2.39. The highest BCUT2D eigenvalue weighted by Gasteiger charge is 2.29. The van der Waals surface area contributed by atoms with Crippen LogP contribution in [0.15, 0.2) is 188 Å². The van der Waals surface area contributed by atoms with E-state index in [9.17, 15) is 0 Å². The summed E-state index contributed by atoms with van der Waals surface area (Å²) in [5.41, 5.74) is 14.5. The molecule has 0 amide bonds. The SMILES string of the molecule is c1ccc(C2c3ccccc3-c3cc(-c4ccc(Cc5ccc(-c6ccc7c8ccccc8c8ccccc8c7c6)cc5)cc4)ccc32)cc1. The van der Waals surface area contributed by atoms with E-state index in [4.69, 9.17) is 0 Å². The number of fused-ring (bicyclic) bond motifs is 9. The van der Waals surface area contributed by atoms with Crippen LogP contribution in [0.25, 0.3) is 65.7 Å². The van der Waals surface area contributed by atoms with Crippen molar-refractivity contribution < 1.29 is 0 Å². The molecular weight excluding hydrogens is 601 g/mol. The van der Waals surface area contributed by atoms with Crippen molar-refractivity contribution in [2.24, 2.45) is 0 Å². The van der Waals surface area contributed by atoms with Gasteiger partial charge in [-0.15, -0.1) is 0 Å². The zero-order chi connectivity index (χ0) is 33.0. The highest BCUT2D eigenvalue weighted by atomic mass is 14.3. The number of benzene rings is 9. The van der Waals surface area contributed by atoms with Gasteiger partial charge in [0, 0.05) is 5.92 Å². The Morgan fingerprint density at radius 1 is 0.300 bits per heavy atom. The van der Waals surface area contributed by atoms with Crippen molar-refractivity contribution >= 4 is 32.3 Å². The smallest absolute Gasteiger partial charge is 0.0352 e. The summed E-state index contributed by atoms with van der Waals surface area (Å²) in [7, 11) is 0. The Labute approximate surface area is 292 Å². The van der Waals surface area contributed by atoms with Crippen LogP contribution in [-0.4, -0.2) is 0 Å². The van der Waals surface area contributed by atoms with Crippen LogP contribution in [0.3, 0.4) is 0 Å². The molecule has 1 aliphatic carbocycles. The number of hydrogen-bond acceptors (Lipinski definition) is 0. The Morgan fingerprint density at radius 3 is 1.40 bits per heavy atom. The molecule has 0 radical (unpaired) electrons. The number of rotatable bonds is 5. The third-order valence-electron chi connectivity index (χ3n) is 10.8. The molecule has 0 saturated heterocycles. The molecule has 9 aromatic carbocycles. The van der Waals surface area contributed by atoms with Gasteiger partial charge in [-0.2, -0.15) is 0 Å². The molecular formula is C50H34. The first kappa shape index (κ1) is 28.7. The Morgan fingerprint density at radius 2 is 0.760 bits per heavy atom. The molecule has 0 saturated carbocycles. The summed E-state index contributed by atoms with van der Waals surface area (Å²) in [5.74, 6) is 0.284. The summed E-state index contributed by atoms with van der Waals surface area (Å²) in [6.07, 6.45) is 0.908. The number of hydrogen-bond donors (Lipinski definition) is 0. The molecule has 234 valence electrons. The topological polar surface area (TPSA) is 0 Å². The first-order valence-corrected chi connectivity index (χ1v) is 17.6. The van der Waals surface area contributed by atoms with Gasteiger partial charge in [-0.1, -0.05) is 176 Å². The van der Waals surface area contributed by atoms with Crippen LogP contribution in [-0.2, 0) is 6.42 Å². The zero-order valence-electron chi connectivity index (χ0n) is 27.7. The Bertz CT molecular complexity index is 2660. The molecule has 0 heteroatoms. The zero-order valence-corrected chi connectivity index (χ0v) is 27.7. The molecule has 0 heterocycles. The summed E-state index contributed by atoms with van der Waals surface area (Å²) in [5, 5.41) is 7.87. The predicted octanol–water partition coefficient (Wildman–Crippen LogP) is 13.2. The van der Waals surface area contributed by atoms with E-state index in [1.165, 1.54) is 93.5 Å². The van der Waals surface area contributed by atoms with E-state index < -0.39 is 0 Å². The van der Waals surface area contributed by atoms with Gasteiger partial charge >= 0.3 is 0 Å². The Hall–Kier alpha value is -6.24. The molecule has 1 aliphatic rings. The van der Waals surface area contributed by atoms with Crippen molar-refractivity contribution in [1.29, 1.82) is 0 Å². The molecule has 0 aromatic heterocycles. The third kappa shape index (κ3) is 4.76. The van der Waals surface area contributed by atoms with Crippen LogP contribution in [0, 0.1) is 0 Å². The minimum atomic E-state index is 0.284. The molecule has 1 atom stereocenters. The largest absolute Gasteiger partial charge is 0.0622 e. The van der Waals surface area contributed by atoms with E-state index in [2.05, 4.69) is 188 Å². The standard InChI is InChI=1S/C50H34/c1-2-10-37(11-3-1)50-46-17-9-8-16-44(46)49-32-39(27-29-47(49)50)36-24-20-34(21-25-36)30-33-18-22-35(23-19-33)38-26-28-45-42-14-5-4-12-40(42)41-13-6-7-15-43(41)48(45)31-38/h1-29,31-32,50H,30H2. The van der Waals surface area contributed by atoms with Gasteiger partial charge in [-0.3, -0.25) is 0 Å². The molecule has 0 fully saturated rings. The second-order valence-electron chi connectivity index (χ2n) is 13.7. The van der Waals surface area contributed by atoms with Gasteiger partial charge in [-0.05, 0) is 112 Å². The monoisotopic (exact) mass is 634 g/mol. The molecule has 0 bridgehead atoms. The normalized spacial score (nSPS) is 13.5. The van der Waals surface area contributed by atoms with E-state index >= 15 is 0 Å². The lowest BCUT2D eigenvalue weighted by Crippen LogP contribution is -1.98. The lowest BCUT2D eigenvalue weighted by Gasteiger charge is -2.14.